The predicted molar refractivity (Wildman–Crippen MR) is 67.6 cm³/mol. The van der Waals surface area contributed by atoms with Crippen LogP contribution >= 0.6 is 0 Å². The zero-order valence-corrected chi connectivity index (χ0v) is 10.8. The summed E-state index contributed by atoms with van der Waals surface area (Å²) in [5, 5.41) is 0. The summed E-state index contributed by atoms with van der Waals surface area (Å²) in [6.07, 6.45) is 0. The van der Waals surface area contributed by atoms with Gasteiger partial charge < -0.3 is 19.9 Å². The van der Waals surface area contributed by atoms with E-state index < -0.39 is 5.97 Å². The number of carbonyl (C=O) groups excluding carboxylic acids is 1. The molecule has 0 amide bonds. The summed E-state index contributed by atoms with van der Waals surface area (Å²) < 4.78 is 15.6. The summed E-state index contributed by atoms with van der Waals surface area (Å²) in [5.74, 6) is 0.703. The molecule has 0 aromatic heterocycles. The molecule has 18 heavy (non-hydrogen) atoms. The third-order valence-corrected chi connectivity index (χ3v) is 2.19. The van der Waals surface area contributed by atoms with Gasteiger partial charge in [0.15, 0.2) is 18.1 Å². The zero-order valence-electron chi connectivity index (χ0n) is 10.8. The standard InChI is InChI=1S/C13H19NO4/c1-3-16-12-7-10(8-14)5-6-11(12)18-9-13(15)17-4-2/h5-7H,3-4,8-9,14H2,1-2H3. The number of rotatable bonds is 7. The Balaban J connectivity index is 2.71. The van der Waals surface area contributed by atoms with Gasteiger partial charge in [0, 0.05) is 6.54 Å². The molecule has 0 aliphatic carbocycles. The number of hydrogen-bond donors (Lipinski definition) is 1. The van der Waals surface area contributed by atoms with Crippen LogP contribution in [0.4, 0.5) is 0 Å². The molecule has 1 rings (SSSR count). The number of carbonyl (C=O) groups is 1. The Morgan fingerprint density at radius 3 is 2.56 bits per heavy atom. The molecule has 0 saturated carbocycles. The molecular weight excluding hydrogens is 234 g/mol. The lowest BCUT2D eigenvalue weighted by Crippen LogP contribution is -2.15. The second-order valence-corrected chi connectivity index (χ2v) is 3.51. The highest BCUT2D eigenvalue weighted by Crippen LogP contribution is 2.28. The van der Waals surface area contributed by atoms with Crippen LogP contribution in [0.15, 0.2) is 18.2 Å². The summed E-state index contributed by atoms with van der Waals surface area (Å²) in [4.78, 5) is 11.2. The Labute approximate surface area is 107 Å². The molecule has 0 aliphatic rings. The molecule has 0 radical (unpaired) electrons. The summed E-state index contributed by atoms with van der Waals surface area (Å²) in [6, 6.07) is 5.39. The quantitative estimate of drug-likeness (QED) is 0.745. The van der Waals surface area contributed by atoms with Crippen LogP contribution in [-0.2, 0) is 16.1 Å². The smallest absolute Gasteiger partial charge is 0.344 e. The number of esters is 1. The Morgan fingerprint density at radius 2 is 1.94 bits per heavy atom. The maximum absolute atomic E-state index is 11.2. The molecule has 0 atom stereocenters. The molecule has 0 spiro atoms. The first kappa shape index (κ1) is 14.3. The van der Waals surface area contributed by atoms with E-state index in [0.717, 1.165) is 5.56 Å². The van der Waals surface area contributed by atoms with Gasteiger partial charge in [-0.05, 0) is 31.5 Å². The van der Waals surface area contributed by atoms with Crippen molar-refractivity contribution in [2.45, 2.75) is 20.4 Å². The first-order valence-corrected chi connectivity index (χ1v) is 5.95. The van der Waals surface area contributed by atoms with E-state index in [1.807, 2.05) is 19.1 Å². The molecule has 2 N–H and O–H groups in total. The highest BCUT2D eigenvalue weighted by atomic mass is 16.6. The summed E-state index contributed by atoms with van der Waals surface area (Å²) in [7, 11) is 0. The number of benzene rings is 1. The van der Waals surface area contributed by atoms with Crippen LogP contribution in [0.1, 0.15) is 19.4 Å². The zero-order chi connectivity index (χ0) is 13.4. The summed E-state index contributed by atoms with van der Waals surface area (Å²) in [5.41, 5.74) is 6.50. The minimum absolute atomic E-state index is 0.129. The average Bonchev–Trinajstić information content (AvgIpc) is 2.38. The van der Waals surface area contributed by atoms with Gasteiger partial charge in [-0.2, -0.15) is 0 Å². The van der Waals surface area contributed by atoms with Crippen molar-refractivity contribution in [2.75, 3.05) is 19.8 Å². The van der Waals surface area contributed by atoms with Crippen LogP contribution in [0.3, 0.4) is 0 Å². The van der Waals surface area contributed by atoms with Crippen LogP contribution in [0.25, 0.3) is 0 Å². The predicted octanol–water partition coefficient (Wildman–Crippen LogP) is 1.49. The van der Waals surface area contributed by atoms with Crippen LogP contribution < -0.4 is 15.2 Å². The number of ether oxygens (including phenoxy) is 3. The first-order valence-electron chi connectivity index (χ1n) is 5.95. The Kier molecular flexibility index (Phi) is 6.00. The molecule has 5 heteroatoms. The molecule has 0 heterocycles. The summed E-state index contributed by atoms with van der Waals surface area (Å²) >= 11 is 0. The van der Waals surface area contributed by atoms with Gasteiger partial charge in [0.1, 0.15) is 0 Å². The van der Waals surface area contributed by atoms with Crippen molar-refractivity contribution in [2.24, 2.45) is 5.73 Å². The van der Waals surface area contributed by atoms with Crippen molar-refractivity contribution in [3.8, 4) is 11.5 Å². The monoisotopic (exact) mass is 253 g/mol. The van der Waals surface area contributed by atoms with E-state index in [1.165, 1.54) is 0 Å². The minimum Gasteiger partial charge on any atom is -0.490 e. The summed E-state index contributed by atoms with van der Waals surface area (Å²) in [6.45, 7) is 4.79. The largest absolute Gasteiger partial charge is 0.490 e. The fourth-order valence-corrected chi connectivity index (χ4v) is 1.41. The van der Waals surface area contributed by atoms with Gasteiger partial charge in [-0.3, -0.25) is 0 Å². The van der Waals surface area contributed by atoms with Gasteiger partial charge in [0.05, 0.1) is 13.2 Å². The lowest BCUT2D eigenvalue weighted by Gasteiger charge is -2.12. The van der Waals surface area contributed by atoms with Gasteiger partial charge in [-0.15, -0.1) is 0 Å². The van der Waals surface area contributed by atoms with E-state index >= 15 is 0 Å². The molecule has 0 unspecified atom stereocenters. The van der Waals surface area contributed by atoms with Crippen molar-refractivity contribution in [1.82, 2.24) is 0 Å². The number of hydrogen-bond acceptors (Lipinski definition) is 5. The third kappa shape index (κ3) is 4.25. The number of nitrogens with two attached hydrogens (primary N) is 1. The van der Waals surface area contributed by atoms with Gasteiger partial charge in [0.2, 0.25) is 0 Å². The van der Waals surface area contributed by atoms with Crippen molar-refractivity contribution < 1.29 is 19.0 Å². The van der Waals surface area contributed by atoms with Gasteiger partial charge in [-0.1, -0.05) is 6.07 Å². The Hall–Kier alpha value is -1.75. The van der Waals surface area contributed by atoms with Gasteiger partial charge >= 0.3 is 5.97 Å². The Bertz CT molecular complexity index is 393. The molecular formula is C13H19NO4. The molecule has 1 aromatic carbocycles. The molecule has 0 aliphatic heterocycles. The highest BCUT2D eigenvalue weighted by molar-refractivity contribution is 5.71. The van der Waals surface area contributed by atoms with E-state index in [-0.39, 0.29) is 6.61 Å². The topological polar surface area (TPSA) is 70.8 Å². The van der Waals surface area contributed by atoms with Crippen LogP contribution in [0.2, 0.25) is 0 Å². The molecule has 100 valence electrons. The molecule has 0 bridgehead atoms. The molecule has 0 saturated heterocycles. The fraction of sp³-hybridized carbons (Fsp3) is 0.462. The second-order valence-electron chi connectivity index (χ2n) is 3.51. The maximum Gasteiger partial charge on any atom is 0.344 e. The van der Waals surface area contributed by atoms with Crippen LogP contribution in [-0.4, -0.2) is 25.8 Å². The van der Waals surface area contributed by atoms with Crippen LogP contribution in [0.5, 0.6) is 11.5 Å². The molecule has 1 aromatic rings. The SMILES string of the molecule is CCOC(=O)COc1ccc(CN)cc1OCC. The van der Waals surface area contributed by atoms with E-state index in [4.69, 9.17) is 19.9 Å². The van der Waals surface area contributed by atoms with Crippen molar-refractivity contribution in [3.63, 3.8) is 0 Å². The Morgan fingerprint density at radius 1 is 1.17 bits per heavy atom. The molecule has 0 fully saturated rings. The lowest BCUT2D eigenvalue weighted by molar-refractivity contribution is -0.145. The fourth-order valence-electron chi connectivity index (χ4n) is 1.41. The first-order chi connectivity index (χ1) is 8.71. The van der Waals surface area contributed by atoms with E-state index in [9.17, 15) is 4.79 Å². The lowest BCUT2D eigenvalue weighted by atomic mass is 10.2. The third-order valence-electron chi connectivity index (χ3n) is 2.19. The highest BCUT2D eigenvalue weighted by Gasteiger charge is 2.09. The minimum atomic E-state index is -0.400. The van der Waals surface area contributed by atoms with E-state index in [1.54, 1.807) is 13.0 Å². The second kappa shape index (κ2) is 7.55. The van der Waals surface area contributed by atoms with Crippen molar-refractivity contribution in [1.29, 1.82) is 0 Å². The van der Waals surface area contributed by atoms with Crippen molar-refractivity contribution >= 4 is 5.97 Å². The van der Waals surface area contributed by atoms with Crippen LogP contribution in [0, 0.1) is 0 Å². The van der Waals surface area contributed by atoms with E-state index in [2.05, 4.69) is 0 Å². The van der Waals surface area contributed by atoms with Gasteiger partial charge in [-0.25, -0.2) is 4.79 Å². The van der Waals surface area contributed by atoms with Gasteiger partial charge in [0.25, 0.3) is 0 Å². The maximum atomic E-state index is 11.2. The van der Waals surface area contributed by atoms with Crippen molar-refractivity contribution in [3.05, 3.63) is 23.8 Å². The average molecular weight is 253 g/mol. The van der Waals surface area contributed by atoms with E-state index in [0.29, 0.717) is 31.3 Å². The normalized spacial score (nSPS) is 9.94. The molecule has 5 nitrogen and oxygen atoms in total.